The quantitative estimate of drug-likeness (QED) is 0.882. The molecule has 2 aliphatic heterocycles. The van der Waals surface area contributed by atoms with Crippen LogP contribution in [-0.4, -0.2) is 47.6 Å². The van der Waals surface area contributed by atoms with Gasteiger partial charge in [-0.3, -0.25) is 9.59 Å². The minimum absolute atomic E-state index is 0.137. The molecule has 3 unspecified atom stereocenters. The molecule has 4 rings (SSSR count). The molecule has 146 valence electrons. The van der Waals surface area contributed by atoms with Gasteiger partial charge in [0, 0.05) is 36.9 Å². The van der Waals surface area contributed by atoms with Crippen molar-refractivity contribution in [2.45, 2.75) is 52.5 Å². The molecule has 2 saturated heterocycles. The van der Waals surface area contributed by atoms with Crippen molar-refractivity contribution in [3.8, 4) is 0 Å². The number of nitrogens with zero attached hydrogens (tertiary/aromatic N) is 2. The van der Waals surface area contributed by atoms with Crippen LogP contribution >= 0.6 is 0 Å². The van der Waals surface area contributed by atoms with Gasteiger partial charge in [-0.05, 0) is 60.8 Å². The van der Waals surface area contributed by atoms with E-state index >= 15 is 0 Å². The van der Waals surface area contributed by atoms with Crippen molar-refractivity contribution in [3.05, 3.63) is 29.8 Å². The Bertz CT molecular complexity index is 757. The molecule has 1 N–H and O–H groups in total. The first kappa shape index (κ1) is 18.3. The molecule has 1 aromatic carbocycles. The number of carboxylic acid groups (broad SMARTS) is 1. The molecule has 1 aromatic rings. The Morgan fingerprint density at radius 3 is 2.44 bits per heavy atom. The van der Waals surface area contributed by atoms with Crippen LogP contribution in [-0.2, 0) is 4.79 Å². The van der Waals surface area contributed by atoms with Crippen LogP contribution in [0.3, 0.4) is 0 Å². The van der Waals surface area contributed by atoms with Crippen LogP contribution in [0.4, 0.5) is 5.69 Å². The van der Waals surface area contributed by atoms with Gasteiger partial charge in [0.05, 0.1) is 5.92 Å². The Morgan fingerprint density at radius 1 is 1.11 bits per heavy atom. The van der Waals surface area contributed by atoms with E-state index in [-0.39, 0.29) is 17.2 Å². The van der Waals surface area contributed by atoms with E-state index in [1.165, 1.54) is 6.42 Å². The van der Waals surface area contributed by atoms with E-state index in [0.29, 0.717) is 24.4 Å². The molecule has 1 aliphatic carbocycles. The molecule has 3 fully saturated rings. The highest BCUT2D eigenvalue weighted by atomic mass is 16.4. The second kappa shape index (κ2) is 6.25. The smallest absolute Gasteiger partial charge is 0.308 e. The molecule has 0 spiro atoms. The molecule has 2 bridgehead atoms. The van der Waals surface area contributed by atoms with Crippen molar-refractivity contribution in [3.63, 3.8) is 0 Å². The number of rotatable bonds is 3. The SMILES string of the molecule is CC1(C)CC2CC(C)(CN2C(=O)c2ccc(N3CCC(C(=O)O)C3)cc2)C1. The van der Waals surface area contributed by atoms with Gasteiger partial charge in [-0.1, -0.05) is 20.8 Å². The van der Waals surface area contributed by atoms with Crippen LogP contribution in [0.15, 0.2) is 24.3 Å². The van der Waals surface area contributed by atoms with Crippen LogP contribution < -0.4 is 4.90 Å². The van der Waals surface area contributed by atoms with Gasteiger partial charge in [0.2, 0.25) is 0 Å². The topological polar surface area (TPSA) is 60.9 Å². The number of hydrogen-bond acceptors (Lipinski definition) is 3. The summed E-state index contributed by atoms with van der Waals surface area (Å²) in [5, 5.41) is 9.17. The average molecular weight is 370 g/mol. The molecular weight excluding hydrogens is 340 g/mol. The van der Waals surface area contributed by atoms with Crippen molar-refractivity contribution in [2.24, 2.45) is 16.7 Å². The second-order valence-electron chi connectivity index (χ2n) is 9.96. The molecule has 2 heterocycles. The molecule has 1 amide bonds. The van der Waals surface area contributed by atoms with Gasteiger partial charge in [-0.25, -0.2) is 0 Å². The molecule has 27 heavy (non-hydrogen) atoms. The van der Waals surface area contributed by atoms with Gasteiger partial charge in [0.15, 0.2) is 0 Å². The third-order valence-corrected chi connectivity index (χ3v) is 6.69. The van der Waals surface area contributed by atoms with E-state index < -0.39 is 5.97 Å². The van der Waals surface area contributed by atoms with Crippen LogP contribution in [0.2, 0.25) is 0 Å². The zero-order chi connectivity index (χ0) is 19.4. The highest BCUT2D eigenvalue weighted by Crippen LogP contribution is 2.52. The first-order chi connectivity index (χ1) is 12.7. The van der Waals surface area contributed by atoms with Crippen molar-refractivity contribution >= 4 is 17.6 Å². The van der Waals surface area contributed by atoms with Crippen molar-refractivity contribution in [1.29, 1.82) is 0 Å². The number of aliphatic carboxylic acids is 1. The summed E-state index contributed by atoms with van der Waals surface area (Å²) in [6.45, 7) is 9.12. The van der Waals surface area contributed by atoms with Crippen LogP contribution in [0.1, 0.15) is 56.8 Å². The Kier molecular flexibility index (Phi) is 4.24. The van der Waals surface area contributed by atoms with Gasteiger partial charge in [-0.2, -0.15) is 0 Å². The zero-order valence-corrected chi connectivity index (χ0v) is 16.6. The number of carboxylic acids is 1. The van der Waals surface area contributed by atoms with Gasteiger partial charge in [0.1, 0.15) is 0 Å². The maximum atomic E-state index is 13.2. The summed E-state index contributed by atoms with van der Waals surface area (Å²) in [6.07, 6.45) is 4.06. The lowest BCUT2D eigenvalue weighted by Gasteiger charge is -2.39. The highest BCUT2D eigenvalue weighted by Gasteiger charge is 2.51. The third kappa shape index (κ3) is 3.44. The van der Waals surface area contributed by atoms with E-state index in [4.69, 9.17) is 0 Å². The van der Waals surface area contributed by atoms with E-state index in [1.54, 1.807) is 0 Å². The standard InChI is InChI=1S/C22H30N2O3/c1-21(2)10-18-11-22(3,13-21)14-24(18)19(25)15-4-6-17(7-5-15)23-9-8-16(12-23)20(26)27/h4-7,16,18H,8-14H2,1-3H3,(H,26,27). The Hall–Kier alpha value is -2.04. The fraction of sp³-hybridized carbons (Fsp3) is 0.636. The van der Waals surface area contributed by atoms with Gasteiger partial charge >= 0.3 is 5.97 Å². The van der Waals surface area contributed by atoms with Crippen LogP contribution in [0, 0.1) is 16.7 Å². The summed E-state index contributed by atoms with van der Waals surface area (Å²) < 4.78 is 0. The zero-order valence-electron chi connectivity index (χ0n) is 16.6. The van der Waals surface area contributed by atoms with Gasteiger partial charge in [0.25, 0.3) is 5.91 Å². The number of anilines is 1. The van der Waals surface area contributed by atoms with Crippen molar-refractivity contribution in [2.75, 3.05) is 24.5 Å². The summed E-state index contributed by atoms with van der Waals surface area (Å²) in [7, 11) is 0. The molecule has 0 radical (unpaired) electrons. The summed E-state index contributed by atoms with van der Waals surface area (Å²) in [5.74, 6) is -0.877. The summed E-state index contributed by atoms with van der Waals surface area (Å²) >= 11 is 0. The number of amides is 1. The Labute approximate surface area is 161 Å². The third-order valence-electron chi connectivity index (χ3n) is 6.69. The number of likely N-dealkylation sites (tertiary alicyclic amines) is 1. The van der Waals surface area contributed by atoms with Crippen LogP contribution in [0.25, 0.3) is 0 Å². The van der Waals surface area contributed by atoms with E-state index in [0.717, 1.165) is 37.2 Å². The molecule has 5 nitrogen and oxygen atoms in total. The van der Waals surface area contributed by atoms with Crippen LogP contribution in [0.5, 0.6) is 0 Å². The summed E-state index contributed by atoms with van der Waals surface area (Å²) in [6, 6.07) is 8.08. The van der Waals surface area contributed by atoms with Crippen molar-refractivity contribution < 1.29 is 14.7 Å². The average Bonchev–Trinajstić information content (AvgIpc) is 3.16. The lowest BCUT2D eigenvalue weighted by atomic mass is 9.65. The molecule has 5 heteroatoms. The van der Waals surface area contributed by atoms with E-state index in [2.05, 4.69) is 30.6 Å². The van der Waals surface area contributed by atoms with E-state index in [1.807, 2.05) is 24.3 Å². The van der Waals surface area contributed by atoms with Crippen molar-refractivity contribution in [1.82, 2.24) is 4.90 Å². The molecular formula is C22H30N2O3. The van der Waals surface area contributed by atoms with E-state index in [9.17, 15) is 14.7 Å². The lowest BCUT2D eigenvalue weighted by molar-refractivity contribution is -0.140. The monoisotopic (exact) mass is 370 g/mol. The normalized spacial score (nSPS) is 32.0. The number of fused-ring (bicyclic) bond motifs is 2. The number of carbonyl (C=O) groups is 2. The lowest BCUT2D eigenvalue weighted by Crippen LogP contribution is -2.37. The van der Waals surface area contributed by atoms with Gasteiger partial charge < -0.3 is 14.9 Å². The number of hydrogen-bond donors (Lipinski definition) is 1. The summed E-state index contributed by atoms with van der Waals surface area (Å²) in [5.41, 5.74) is 2.28. The Morgan fingerprint density at radius 2 is 1.81 bits per heavy atom. The minimum Gasteiger partial charge on any atom is -0.481 e. The maximum Gasteiger partial charge on any atom is 0.308 e. The molecule has 3 aliphatic rings. The largest absolute Gasteiger partial charge is 0.481 e. The maximum absolute atomic E-state index is 13.2. The Balaban J connectivity index is 1.47. The molecule has 3 atom stereocenters. The fourth-order valence-corrected chi connectivity index (χ4v) is 5.87. The number of benzene rings is 1. The predicted molar refractivity (Wildman–Crippen MR) is 105 cm³/mol. The number of carbonyl (C=O) groups excluding carboxylic acids is 1. The first-order valence-corrected chi connectivity index (χ1v) is 10.0. The summed E-state index contributed by atoms with van der Waals surface area (Å²) in [4.78, 5) is 28.5. The predicted octanol–water partition coefficient (Wildman–Crippen LogP) is 3.64. The highest BCUT2D eigenvalue weighted by molar-refractivity contribution is 5.95. The first-order valence-electron chi connectivity index (χ1n) is 10.0. The van der Waals surface area contributed by atoms with Gasteiger partial charge in [-0.15, -0.1) is 0 Å². The second-order valence-corrected chi connectivity index (χ2v) is 9.96. The molecule has 0 aromatic heterocycles. The minimum atomic E-state index is -0.721. The fourth-order valence-electron chi connectivity index (χ4n) is 5.87. The molecule has 1 saturated carbocycles.